The molecule has 0 spiro atoms. The summed E-state index contributed by atoms with van der Waals surface area (Å²) in [6.45, 7) is 4.47. The van der Waals surface area contributed by atoms with Crippen molar-refractivity contribution in [2.75, 3.05) is 12.0 Å². The Morgan fingerprint density at radius 1 is 1.56 bits per heavy atom. The molecule has 0 aliphatic carbocycles. The van der Waals surface area contributed by atoms with Crippen molar-refractivity contribution in [3.63, 3.8) is 0 Å². The van der Waals surface area contributed by atoms with Gasteiger partial charge in [0.25, 0.3) is 0 Å². The highest BCUT2D eigenvalue weighted by molar-refractivity contribution is 7.90. The summed E-state index contributed by atoms with van der Waals surface area (Å²) in [7, 11) is -2.94. The molecule has 0 aliphatic rings. The topological polar surface area (TPSA) is 63.5 Å². The van der Waals surface area contributed by atoms with E-state index in [0.717, 1.165) is 16.3 Å². The molecule has 0 amide bonds. The van der Waals surface area contributed by atoms with E-state index < -0.39 is 9.84 Å². The monoisotopic (exact) mass is 287 g/mol. The SMILES string of the molecule is Cc1nc2sccn2c1CNC(C)CS(C)(=O)=O. The molecule has 7 heteroatoms. The van der Waals surface area contributed by atoms with Gasteiger partial charge < -0.3 is 5.32 Å². The van der Waals surface area contributed by atoms with E-state index in [2.05, 4.69) is 10.3 Å². The van der Waals surface area contributed by atoms with Crippen LogP contribution in [0.15, 0.2) is 11.6 Å². The molecule has 2 rings (SSSR count). The van der Waals surface area contributed by atoms with E-state index in [9.17, 15) is 8.42 Å². The molecule has 1 N–H and O–H groups in total. The lowest BCUT2D eigenvalue weighted by Crippen LogP contribution is -2.32. The Kier molecular flexibility index (Phi) is 3.74. The van der Waals surface area contributed by atoms with Gasteiger partial charge in [-0.1, -0.05) is 0 Å². The number of aromatic nitrogens is 2. The van der Waals surface area contributed by atoms with Crippen LogP contribution in [-0.2, 0) is 16.4 Å². The summed E-state index contributed by atoms with van der Waals surface area (Å²) in [5.41, 5.74) is 2.08. The van der Waals surface area contributed by atoms with Crippen molar-refractivity contribution in [2.45, 2.75) is 26.4 Å². The first-order valence-electron chi connectivity index (χ1n) is 5.69. The highest BCUT2D eigenvalue weighted by Gasteiger charge is 2.13. The van der Waals surface area contributed by atoms with E-state index in [1.54, 1.807) is 11.3 Å². The zero-order chi connectivity index (χ0) is 13.3. The third-order valence-electron chi connectivity index (χ3n) is 2.73. The van der Waals surface area contributed by atoms with Crippen LogP contribution in [0.4, 0.5) is 0 Å². The number of imidazole rings is 1. The largest absolute Gasteiger partial charge is 0.308 e. The second-order valence-electron chi connectivity index (χ2n) is 4.57. The smallest absolute Gasteiger partial charge is 0.194 e. The summed E-state index contributed by atoms with van der Waals surface area (Å²) in [6, 6.07) is -0.0661. The number of rotatable bonds is 5. The predicted octanol–water partition coefficient (Wildman–Crippen LogP) is 1.23. The summed E-state index contributed by atoms with van der Waals surface area (Å²) in [5, 5.41) is 5.22. The summed E-state index contributed by atoms with van der Waals surface area (Å²) in [6.07, 6.45) is 3.24. The Morgan fingerprint density at radius 3 is 2.94 bits per heavy atom. The molecule has 0 fully saturated rings. The maximum Gasteiger partial charge on any atom is 0.194 e. The van der Waals surface area contributed by atoms with Crippen LogP contribution in [0.5, 0.6) is 0 Å². The van der Waals surface area contributed by atoms with Gasteiger partial charge in [0.2, 0.25) is 0 Å². The molecule has 1 unspecified atom stereocenters. The van der Waals surface area contributed by atoms with Crippen LogP contribution in [-0.4, -0.2) is 35.9 Å². The minimum Gasteiger partial charge on any atom is -0.308 e. The Morgan fingerprint density at radius 2 is 2.28 bits per heavy atom. The van der Waals surface area contributed by atoms with Gasteiger partial charge in [-0.05, 0) is 13.8 Å². The summed E-state index contributed by atoms with van der Waals surface area (Å²) in [5.74, 6) is 0.150. The van der Waals surface area contributed by atoms with Gasteiger partial charge in [-0.25, -0.2) is 13.4 Å². The minimum absolute atomic E-state index is 0.0661. The van der Waals surface area contributed by atoms with Gasteiger partial charge in [0, 0.05) is 30.4 Å². The Bertz CT molecular complexity index is 642. The Hall–Kier alpha value is -0.920. The number of hydrogen-bond donors (Lipinski definition) is 1. The third-order valence-corrected chi connectivity index (χ3v) is 4.59. The maximum absolute atomic E-state index is 11.2. The lowest BCUT2D eigenvalue weighted by atomic mass is 10.3. The molecule has 0 aromatic carbocycles. The summed E-state index contributed by atoms with van der Waals surface area (Å²) >= 11 is 1.59. The fraction of sp³-hybridized carbons (Fsp3) is 0.545. The first-order valence-corrected chi connectivity index (χ1v) is 8.63. The molecule has 5 nitrogen and oxygen atoms in total. The lowest BCUT2D eigenvalue weighted by molar-refractivity contribution is 0.554. The molecule has 2 heterocycles. The summed E-state index contributed by atoms with van der Waals surface area (Å²) < 4.78 is 24.4. The average Bonchev–Trinajstić information content (AvgIpc) is 2.72. The van der Waals surface area contributed by atoms with Crippen molar-refractivity contribution in [2.24, 2.45) is 0 Å². The molecule has 100 valence electrons. The van der Waals surface area contributed by atoms with Crippen LogP contribution in [0.2, 0.25) is 0 Å². The van der Waals surface area contributed by atoms with Crippen LogP contribution in [0.25, 0.3) is 4.96 Å². The predicted molar refractivity (Wildman–Crippen MR) is 73.8 cm³/mol. The van der Waals surface area contributed by atoms with Gasteiger partial charge in [-0.15, -0.1) is 11.3 Å². The molecule has 0 radical (unpaired) electrons. The van der Waals surface area contributed by atoms with E-state index in [-0.39, 0.29) is 11.8 Å². The fourth-order valence-electron chi connectivity index (χ4n) is 1.94. The standard InChI is InChI=1S/C11H17N3O2S2/c1-8(7-18(3,15)16)12-6-10-9(2)13-11-14(10)4-5-17-11/h4-5,8,12H,6-7H2,1-3H3. The van der Waals surface area contributed by atoms with Crippen molar-refractivity contribution >= 4 is 26.1 Å². The number of nitrogens with one attached hydrogen (secondary N) is 1. The van der Waals surface area contributed by atoms with Gasteiger partial charge >= 0.3 is 0 Å². The minimum atomic E-state index is -2.94. The van der Waals surface area contributed by atoms with E-state index in [4.69, 9.17) is 0 Å². The second kappa shape index (κ2) is 4.99. The van der Waals surface area contributed by atoms with Gasteiger partial charge in [-0.2, -0.15) is 0 Å². The number of hydrogen-bond acceptors (Lipinski definition) is 5. The molecule has 2 aromatic rings. The van der Waals surface area contributed by atoms with Crippen LogP contribution >= 0.6 is 11.3 Å². The third kappa shape index (κ3) is 3.09. The molecule has 1 atom stereocenters. The van der Waals surface area contributed by atoms with E-state index in [1.165, 1.54) is 6.26 Å². The number of nitrogens with zero attached hydrogens (tertiary/aromatic N) is 2. The van der Waals surface area contributed by atoms with Crippen LogP contribution in [0.3, 0.4) is 0 Å². The van der Waals surface area contributed by atoms with Crippen molar-refractivity contribution in [3.8, 4) is 0 Å². The molecular formula is C11H17N3O2S2. The molecular weight excluding hydrogens is 270 g/mol. The van der Waals surface area contributed by atoms with Crippen molar-refractivity contribution in [1.82, 2.24) is 14.7 Å². The molecule has 0 bridgehead atoms. The maximum atomic E-state index is 11.2. The van der Waals surface area contributed by atoms with Crippen molar-refractivity contribution < 1.29 is 8.42 Å². The molecule has 0 saturated carbocycles. The van der Waals surface area contributed by atoms with Gasteiger partial charge in [0.15, 0.2) is 4.96 Å². The van der Waals surface area contributed by atoms with Crippen LogP contribution in [0, 0.1) is 6.92 Å². The molecule has 0 saturated heterocycles. The Balaban J connectivity index is 2.06. The van der Waals surface area contributed by atoms with Gasteiger partial charge in [0.05, 0.1) is 17.1 Å². The highest BCUT2D eigenvalue weighted by atomic mass is 32.2. The first-order chi connectivity index (χ1) is 8.37. The zero-order valence-corrected chi connectivity index (χ0v) is 12.3. The molecule has 18 heavy (non-hydrogen) atoms. The fourth-order valence-corrected chi connectivity index (χ4v) is 3.74. The van der Waals surface area contributed by atoms with Crippen molar-refractivity contribution in [1.29, 1.82) is 0 Å². The number of fused-ring (bicyclic) bond motifs is 1. The van der Waals surface area contributed by atoms with Crippen LogP contribution in [0.1, 0.15) is 18.3 Å². The quantitative estimate of drug-likeness (QED) is 0.898. The summed E-state index contributed by atoms with van der Waals surface area (Å²) in [4.78, 5) is 5.42. The highest BCUT2D eigenvalue weighted by Crippen LogP contribution is 2.16. The normalized spacial score (nSPS) is 14.2. The van der Waals surface area contributed by atoms with E-state index >= 15 is 0 Å². The zero-order valence-electron chi connectivity index (χ0n) is 10.7. The average molecular weight is 287 g/mol. The van der Waals surface area contributed by atoms with E-state index in [1.807, 2.05) is 29.8 Å². The first kappa shape index (κ1) is 13.5. The number of aryl methyl sites for hydroxylation is 1. The molecule has 0 aliphatic heterocycles. The lowest BCUT2D eigenvalue weighted by Gasteiger charge is -2.12. The van der Waals surface area contributed by atoms with Gasteiger partial charge in [0.1, 0.15) is 9.84 Å². The van der Waals surface area contributed by atoms with E-state index in [0.29, 0.717) is 6.54 Å². The second-order valence-corrected chi connectivity index (χ2v) is 7.63. The number of thiazole rings is 1. The van der Waals surface area contributed by atoms with Crippen LogP contribution < -0.4 is 5.32 Å². The number of sulfone groups is 1. The Labute approximate surface area is 111 Å². The van der Waals surface area contributed by atoms with Gasteiger partial charge in [-0.3, -0.25) is 4.40 Å². The van der Waals surface area contributed by atoms with Crippen molar-refractivity contribution in [3.05, 3.63) is 23.0 Å². The molecule has 2 aromatic heterocycles.